The van der Waals surface area contributed by atoms with E-state index in [9.17, 15) is 9.90 Å². The van der Waals surface area contributed by atoms with Gasteiger partial charge in [-0.3, -0.25) is 5.32 Å². The molecule has 5 heteroatoms. The fraction of sp³-hybridized carbons (Fsp3) is 0. The Morgan fingerprint density at radius 3 is 2.59 bits per heavy atom. The van der Waals surface area contributed by atoms with Gasteiger partial charge in [0.05, 0.1) is 0 Å². The quantitative estimate of drug-likeness (QED) is 0.519. The summed E-state index contributed by atoms with van der Waals surface area (Å²) < 4.78 is 0. The van der Waals surface area contributed by atoms with Crippen molar-refractivity contribution in [1.82, 2.24) is 4.98 Å². The minimum Gasteiger partial charge on any atom is -0.508 e. The van der Waals surface area contributed by atoms with E-state index in [0.717, 1.165) is 22.0 Å². The lowest BCUT2D eigenvalue weighted by atomic mass is 10.1. The third-order valence-corrected chi connectivity index (χ3v) is 3.08. The van der Waals surface area contributed by atoms with E-state index in [1.165, 1.54) is 0 Å². The van der Waals surface area contributed by atoms with Crippen molar-refractivity contribution in [3.63, 3.8) is 0 Å². The Balaban J connectivity index is 1.90. The Labute approximate surface area is 126 Å². The largest absolute Gasteiger partial charge is 0.508 e. The number of nitrogens with two attached hydrogens (primary N) is 1. The first kappa shape index (κ1) is 13.6. The average Bonchev–Trinajstić information content (AvgIpc) is 2.85. The summed E-state index contributed by atoms with van der Waals surface area (Å²) in [6, 6.07) is 13.6. The molecular formula is C17H13N3O2. The lowest BCUT2D eigenvalue weighted by Gasteiger charge is -1.94. The average molecular weight is 291 g/mol. The van der Waals surface area contributed by atoms with Crippen molar-refractivity contribution in [1.29, 1.82) is 0 Å². The number of aromatic amines is 1. The van der Waals surface area contributed by atoms with Crippen LogP contribution in [-0.4, -0.2) is 16.1 Å². The number of amides is 2. The minimum atomic E-state index is -0.615. The van der Waals surface area contributed by atoms with E-state index in [1.54, 1.807) is 24.3 Å². The number of primary amides is 1. The Bertz CT molecular complexity index is 916. The summed E-state index contributed by atoms with van der Waals surface area (Å²) >= 11 is 0. The van der Waals surface area contributed by atoms with Gasteiger partial charge in [-0.25, -0.2) is 4.79 Å². The van der Waals surface area contributed by atoms with Gasteiger partial charge in [-0.2, -0.15) is 0 Å². The summed E-state index contributed by atoms with van der Waals surface area (Å²) in [5.74, 6) is 6.76. The van der Waals surface area contributed by atoms with Crippen molar-refractivity contribution < 1.29 is 9.90 Å². The van der Waals surface area contributed by atoms with E-state index in [2.05, 4.69) is 22.1 Å². The van der Waals surface area contributed by atoms with Gasteiger partial charge in [0.1, 0.15) is 11.6 Å². The van der Waals surface area contributed by atoms with Gasteiger partial charge in [-0.15, -0.1) is 0 Å². The van der Waals surface area contributed by atoms with Gasteiger partial charge in [0.2, 0.25) is 0 Å². The third-order valence-electron chi connectivity index (χ3n) is 3.08. The Morgan fingerprint density at radius 2 is 1.86 bits per heavy atom. The van der Waals surface area contributed by atoms with E-state index >= 15 is 0 Å². The fourth-order valence-corrected chi connectivity index (χ4v) is 2.13. The number of aromatic hydroxyl groups is 1. The van der Waals surface area contributed by atoms with Crippen LogP contribution in [0.15, 0.2) is 48.5 Å². The van der Waals surface area contributed by atoms with Crippen LogP contribution in [0, 0.1) is 11.8 Å². The SMILES string of the molecule is NC(=O)Nc1cc2ccc(C#Cc3cccc(O)c3)cc2[nH]1. The zero-order valence-electron chi connectivity index (χ0n) is 11.6. The maximum Gasteiger partial charge on any atom is 0.317 e. The molecule has 0 atom stereocenters. The summed E-state index contributed by atoms with van der Waals surface area (Å²) in [5.41, 5.74) is 7.50. The van der Waals surface area contributed by atoms with Crippen LogP contribution < -0.4 is 11.1 Å². The van der Waals surface area contributed by atoms with E-state index in [0.29, 0.717) is 5.82 Å². The van der Waals surface area contributed by atoms with Gasteiger partial charge < -0.3 is 15.8 Å². The number of benzene rings is 2. The predicted octanol–water partition coefficient (Wildman–Crippen LogP) is 2.76. The highest BCUT2D eigenvalue weighted by Crippen LogP contribution is 2.20. The standard InChI is InChI=1S/C17H13N3O2/c18-17(22)20-16-10-13-7-6-12(9-15(13)19-16)5-4-11-2-1-3-14(21)8-11/h1-3,6-10,19,21H,(H3,18,20,22). The Kier molecular flexibility index (Phi) is 3.42. The van der Waals surface area contributed by atoms with Crippen LogP contribution in [0.25, 0.3) is 10.9 Å². The van der Waals surface area contributed by atoms with E-state index < -0.39 is 6.03 Å². The number of carbonyl (C=O) groups excluding carboxylic acids is 1. The highest BCUT2D eigenvalue weighted by molar-refractivity contribution is 5.92. The van der Waals surface area contributed by atoms with Crippen LogP contribution in [0.4, 0.5) is 10.6 Å². The monoisotopic (exact) mass is 291 g/mol. The number of fused-ring (bicyclic) bond motifs is 1. The van der Waals surface area contributed by atoms with Crippen LogP contribution in [0.5, 0.6) is 5.75 Å². The molecule has 3 rings (SSSR count). The summed E-state index contributed by atoms with van der Waals surface area (Å²) in [7, 11) is 0. The number of anilines is 1. The number of rotatable bonds is 1. The van der Waals surface area contributed by atoms with Crippen LogP contribution in [0.3, 0.4) is 0 Å². The Hall–Kier alpha value is -3.39. The molecule has 2 aromatic carbocycles. The zero-order valence-corrected chi connectivity index (χ0v) is 11.6. The van der Waals surface area contributed by atoms with Gasteiger partial charge in [0.25, 0.3) is 0 Å². The molecule has 0 fully saturated rings. The Morgan fingerprint density at radius 1 is 1.09 bits per heavy atom. The van der Waals surface area contributed by atoms with Crippen LogP contribution in [-0.2, 0) is 0 Å². The first-order valence-corrected chi connectivity index (χ1v) is 6.60. The number of carbonyl (C=O) groups is 1. The molecule has 3 aromatic rings. The molecule has 5 N–H and O–H groups in total. The molecule has 0 aliphatic rings. The predicted molar refractivity (Wildman–Crippen MR) is 85.6 cm³/mol. The van der Waals surface area contributed by atoms with Gasteiger partial charge >= 0.3 is 6.03 Å². The maximum atomic E-state index is 10.8. The first-order chi connectivity index (χ1) is 10.6. The van der Waals surface area contributed by atoms with Gasteiger partial charge in [0, 0.05) is 22.0 Å². The second-order valence-corrected chi connectivity index (χ2v) is 4.77. The molecule has 0 bridgehead atoms. The van der Waals surface area contributed by atoms with Crippen molar-refractivity contribution in [2.75, 3.05) is 5.32 Å². The normalized spacial score (nSPS) is 10.0. The number of phenols is 1. The maximum absolute atomic E-state index is 10.8. The van der Waals surface area contributed by atoms with Gasteiger partial charge in [-0.1, -0.05) is 24.0 Å². The molecule has 0 aliphatic heterocycles. The topological polar surface area (TPSA) is 91.1 Å². The molecule has 2 amide bonds. The van der Waals surface area contributed by atoms with Crippen LogP contribution >= 0.6 is 0 Å². The van der Waals surface area contributed by atoms with Crippen molar-refractivity contribution >= 4 is 22.8 Å². The molecule has 0 unspecified atom stereocenters. The highest BCUT2D eigenvalue weighted by Gasteiger charge is 2.02. The number of aromatic nitrogens is 1. The highest BCUT2D eigenvalue weighted by atomic mass is 16.3. The summed E-state index contributed by atoms with van der Waals surface area (Å²) in [6.45, 7) is 0. The molecule has 0 radical (unpaired) electrons. The second-order valence-electron chi connectivity index (χ2n) is 4.77. The summed E-state index contributed by atoms with van der Waals surface area (Å²) in [6.07, 6.45) is 0. The van der Waals surface area contributed by atoms with Crippen LogP contribution in [0.1, 0.15) is 11.1 Å². The number of hydrogen-bond acceptors (Lipinski definition) is 2. The number of nitrogens with one attached hydrogen (secondary N) is 2. The van der Waals surface area contributed by atoms with Crippen molar-refractivity contribution in [3.05, 3.63) is 59.7 Å². The van der Waals surface area contributed by atoms with Crippen LogP contribution in [0.2, 0.25) is 0 Å². The molecule has 22 heavy (non-hydrogen) atoms. The molecule has 0 spiro atoms. The smallest absolute Gasteiger partial charge is 0.317 e. The molecule has 0 aliphatic carbocycles. The van der Waals surface area contributed by atoms with E-state index in [1.807, 2.05) is 24.3 Å². The number of phenolic OH excluding ortho intramolecular Hbond substituents is 1. The number of H-pyrrole nitrogens is 1. The third kappa shape index (κ3) is 3.02. The fourth-order valence-electron chi connectivity index (χ4n) is 2.13. The van der Waals surface area contributed by atoms with E-state index in [-0.39, 0.29) is 5.75 Å². The first-order valence-electron chi connectivity index (χ1n) is 6.60. The van der Waals surface area contributed by atoms with Crippen molar-refractivity contribution in [3.8, 4) is 17.6 Å². The molecule has 1 aromatic heterocycles. The molecule has 108 valence electrons. The number of hydrogen-bond donors (Lipinski definition) is 4. The molecule has 0 saturated carbocycles. The number of urea groups is 1. The summed E-state index contributed by atoms with van der Waals surface area (Å²) in [5, 5.41) is 12.9. The minimum absolute atomic E-state index is 0.189. The lowest BCUT2D eigenvalue weighted by Crippen LogP contribution is -2.19. The van der Waals surface area contributed by atoms with Gasteiger partial charge in [-0.05, 0) is 36.4 Å². The molecular weight excluding hydrogens is 278 g/mol. The molecule has 5 nitrogen and oxygen atoms in total. The van der Waals surface area contributed by atoms with Crippen molar-refractivity contribution in [2.45, 2.75) is 0 Å². The summed E-state index contributed by atoms with van der Waals surface area (Å²) in [4.78, 5) is 13.9. The zero-order chi connectivity index (χ0) is 15.5. The van der Waals surface area contributed by atoms with E-state index in [4.69, 9.17) is 5.73 Å². The molecule has 0 saturated heterocycles. The molecule has 1 heterocycles. The second kappa shape index (κ2) is 5.54. The van der Waals surface area contributed by atoms with Gasteiger partial charge in [0.15, 0.2) is 0 Å². The lowest BCUT2D eigenvalue weighted by molar-refractivity contribution is 0.259. The van der Waals surface area contributed by atoms with Crippen molar-refractivity contribution in [2.24, 2.45) is 5.73 Å².